The lowest BCUT2D eigenvalue weighted by Gasteiger charge is -2.25. The lowest BCUT2D eigenvalue weighted by molar-refractivity contribution is 0.390. The Bertz CT molecular complexity index is 609. The maximum absolute atomic E-state index is 6.46. The van der Waals surface area contributed by atoms with Crippen LogP contribution in [0.1, 0.15) is 42.9 Å². The zero-order chi connectivity index (χ0) is 16.1. The third-order valence-corrected chi connectivity index (χ3v) is 6.53. The molecular formula is C18H22Cl2N2S. The van der Waals surface area contributed by atoms with Gasteiger partial charge in [-0.05, 0) is 42.2 Å². The monoisotopic (exact) mass is 368 g/mol. The summed E-state index contributed by atoms with van der Waals surface area (Å²) < 4.78 is 2.13. The van der Waals surface area contributed by atoms with Crippen molar-refractivity contribution in [3.8, 4) is 0 Å². The van der Waals surface area contributed by atoms with E-state index in [9.17, 15) is 0 Å². The van der Waals surface area contributed by atoms with Crippen LogP contribution < -0.4 is 0 Å². The van der Waals surface area contributed by atoms with E-state index >= 15 is 0 Å². The lowest BCUT2D eigenvalue weighted by Crippen LogP contribution is -2.12. The Kier molecular flexibility index (Phi) is 6.32. The van der Waals surface area contributed by atoms with Crippen molar-refractivity contribution in [1.82, 2.24) is 9.55 Å². The number of nitrogens with zero attached hydrogens (tertiary/aromatic N) is 2. The van der Waals surface area contributed by atoms with E-state index in [0.717, 1.165) is 17.5 Å². The van der Waals surface area contributed by atoms with Crippen molar-refractivity contribution in [3.05, 3.63) is 52.5 Å². The van der Waals surface area contributed by atoms with Gasteiger partial charge in [-0.25, -0.2) is 4.98 Å². The molecule has 1 aliphatic rings. The Hall–Kier alpha value is -0.640. The van der Waals surface area contributed by atoms with Gasteiger partial charge in [0.25, 0.3) is 0 Å². The lowest BCUT2D eigenvalue weighted by atomic mass is 9.91. The van der Waals surface area contributed by atoms with Crippen molar-refractivity contribution < 1.29 is 0 Å². The van der Waals surface area contributed by atoms with E-state index in [2.05, 4.69) is 15.6 Å². The number of imidazole rings is 1. The molecule has 1 fully saturated rings. The van der Waals surface area contributed by atoms with Crippen LogP contribution in [-0.4, -0.2) is 15.3 Å². The van der Waals surface area contributed by atoms with Gasteiger partial charge in [-0.2, -0.15) is 11.8 Å². The number of hydrogen-bond acceptors (Lipinski definition) is 2. The highest BCUT2D eigenvalue weighted by Gasteiger charge is 2.20. The van der Waals surface area contributed by atoms with E-state index in [4.69, 9.17) is 23.2 Å². The summed E-state index contributed by atoms with van der Waals surface area (Å²) in [5.41, 5.74) is 1.17. The molecule has 0 N–H and O–H groups in total. The predicted octanol–water partition coefficient (Wildman–Crippen LogP) is 6.24. The first-order chi connectivity index (χ1) is 11.2. The van der Waals surface area contributed by atoms with Crippen molar-refractivity contribution in [1.29, 1.82) is 0 Å². The number of rotatable bonds is 6. The molecule has 5 heteroatoms. The second-order valence-electron chi connectivity index (χ2n) is 6.25. The molecule has 124 valence electrons. The van der Waals surface area contributed by atoms with Gasteiger partial charge in [0.1, 0.15) is 0 Å². The molecule has 0 bridgehead atoms. The van der Waals surface area contributed by atoms with Crippen LogP contribution in [0.3, 0.4) is 0 Å². The number of halogens is 2. The summed E-state index contributed by atoms with van der Waals surface area (Å²) in [5.74, 6) is 2.06. The summed E-state index contributed by atoms with van der Waals surface area (Å²) in [6, 6.07) is 5.85. The van der Waals surface area contributed by atoms with E-state index in [-0.39, 0.29) is 0 Å². The van der Waals surface area contributed by atoms with Gasteiger partial charge in [0.05, 0.1) is 6.33 Å². The summed E-state index contributed by atoms with van der Waals surface area (Å²) in [4.78, 5) is 4.16. The van der Waals surface area contributed by atoms with Crippen LogP contribution in [0.4, 0.5) is 0 Å². The van der Waals surface area contributed by atoms with Crippen LogP contribution in [0.5, 0.6) is 0 Å². The SMILES string of the molecule is Clc1ccc(C(Cn2ccnc2)SCC2CCCCC2)c(Cl)c1. The molecule has 1 heterocycles. The first-order valence-electron chi connectivity index (χ1n) is 8.24. The molecule has 3 rings (SSSR count). The standard InChI is InChI=1S/C18H22Cl2N2S/c19-15-6-7-16(17(20)10-15)18(11-22-9-8-21-13-22)23-12-14-4-2-1-3-5-14/h6-10,13-14,18H,1-5,11-12H2. The van der Waals surface area contributed by atoms with Crippen LogP contribution in [0, 0.1) is 5.92 Å². The normalized spacial score (nSPS) is 17.3. The average Bonchev–Trinajstić information content (AvgIpc) is 3.06. The number of thioether (sulfide) groups is 1. The first-order valence-corrected chi connectivity index (χ1v) is 10.0. The van der Waals surface area contributed by atoms with Crippen molar-refractivity contribution in [2.75, 3.05) is 5.75 Å². The zero-order valence-corrected chi connectivity index (χ0v) is 15.5. The zero-order valence-electron chi connectivity index (χ0n) is 13.1. The average molecular weight is 369 g/mol. The van der Waals surface area contributed by atoms with E-state index in [0.29, 0.717) is 10.3 Å². The van der Waals surface area contributed by atoms with Gasteiger partial charge >= 0.3 is 0 Å². The second kappa shape index (κ2) is 8.46. The molecule has 1 aromatic heterocycles. The van der Waals surface area contributed by atoms with Crippen molar-refractivity contribution in [3.63, 3.8) is 0 Å². The highest BCUT2D eigenvalue weighted by Crippen LogP contribution is 2.39. The summed E-state index contributed by atoms with van der Waals surface area (Å²) in [6.07, 6.45) is 12.6. The quantitative estimate of drug-likeness (QED) is 0.599. The van der Waals surface area contributed by atoms with Gasteiger partial charge in [0.2, 0.25) is 0 Å². The molecule has 0 saturated heterocycles. The molecule has 1 atom stereocenters. The molecule has 23 heavy (non-hydrogen) atoms. The fourth-order valence-corrected chi connectivity index (χ4v) is 5.30. The van der Waals surface area contributed by atoms with Gasteiger partial charge < -0.3 is 4.57 Å². The molecule has 2 nitrogen and oxygen atoms in total. The van der Waals surface area contributed by atoms with Crippen molar-refractivity contribution in [2.24, 2.45) is 5.92 Å². The van der Waals surface area contributed by atoms with Crippen LogP contribution in [0.25, 0.3) is 0 Å². The minimum Gasteiger partial charge on any atom is -0.336 e. The fourth-order valence-electron chi connectivity index (χ4n) is 3.20. The van der Waals surface area contributed by atoms with Gasteiger partial charge in [0.15, 0.2) is 0 Å². The largest absolute Gasteiger partial charge is 0.336 e. The third-order valence-electron chi connectivity index (χ3n) is 4.50. The highest BCUT2D eigenvalue weighted by molar-refractivity contribution is 7.99. The van der Waals surface area contributed by atoms with Gasteiger partial charge in [-0.1, -0.05) is 48.5 Å². The summed E-state index contributed by atoms with van der Waals surface area (Å²) in [6.45, 7) is 0.888. The van der Waals surface area contributed by atoms with Crippen LogP contribution in [-0.2, 0) is 6.54 Å². The Balaban J connectivity index is 1.72. The van der Waals surface area contributed by atoms with Crippen LogP contribution in [0.15, 0.2) is 36.9 Å². The van der Waals surface area contributed by atoms with E-state index in [1.54, 1.807) is 0 Å². The molecule has 0 spiro atoms. The molecule has 1 aliphatic carbocycles. The number of hydrogen-bond donors (Lipinski definition) is 0. The Morgan fingerprint density at radius 2 is 2.04 bits per heavy atom. The first kappa shape index (κ1) is 17.2. The van der Waals surface area contributed by atoms with Gasteiger partial charge in [-0.3, -0.25) is 0 Å². The molecule has 1 saturated carbocycles. The molecule has 0 aliphatic heterocycles. The van der Waals surface area contributed by atoms with Crippen LogP contribution >= 0.6 is 35.0 Å². The summed E-state index contributed by atoms with van der Waals surface area (Å²) in [7, 11) is 0. The minimum absolute atomic E-state index is 0.330. The second-order valence-corrected chi connectivity index (χ2v) is 8.33. The maximum atomic E-state index is 6.46. The molecular weight excluding hydrogens is 347 g/mol. The van der Waals surface area contributed by atoms with Crippen LogP contribution in [0.2, 0.25) is 10.0 Å². The molecule has 2 aromatic rings. The molecule has 0 radical (unpaired) electrons. The Labute approximate surface area is 152 Å². The van der Waals surface area contributed by atoms with Crippen molar-refractivity contribution in [2.45, 2.75) is 43.9 Å². The minimum atomic E-state index is 0.330. The topological polar surface area (TPSA) is 17.8 Å². The van der Waals surface area contributed by atoms with E-state index < -0.39 is 0 Å². The summed E-state index contributed by atoms with van der Waals surface area (Å²) >= 11 is 14.5. The van der Waals surface area contributed by atoms with E-state index in [1.807, 2.05) is 42.6 Å². The van der Waals surface area contributed by atoms with Crippen molar-refractivity contribution >= 4 is 35.0 Å². The van der Waals surface area contributed by atoms with E-state index in [1.165, 1.54) is 43.4 Å². The molecule has 0 amide bonds. The maximum Gasteiger partial charge on any atom is 0.0946 e. The predicted molar refractivity (Wildman–Crippen MR) is 100 cm³/mol. The fraction of sp³-hybridized carbons (Fsp3) is 0.500. The van der Waals surface area contributed by atoms with Gasteiger partial charge in [-0.15, -0.1) is 0 Å². The smallest absolute Gasteiger partial charge is 0.0946 e. The van der Waals surface area contributed by atoms with Gasteiger partial charge in [0, 0.05) is 34.2 Å². The molecule has 1 aromatic carbocycles. The highest BCUT2D eigenvalue weighted by atomic mass is 35.5. The third kappa shape index (κ3) is 4.91. The number of aromatic nitrogens is 2. The molecule has 1 unspecified atom stereocenters. The summed E-state index contributed by atoms with van der Waals surface area (Å²) in [5, 5.41) is 1.78. The Morgan fingerprint density at radius 3 is 2.74 bits per heavy atom. The number of benzene rings is 1. The Morgan fingerprint density at radius 1 is 1.22 bits per heavy atom.